The van der Waals surface area contributed by atoms with E-state index in [0.29, 0.717) is 17.7 Å². The molecule has 5 heteroatoms. The van der Waals surface area contributed by atoms with Crippen LogP contribution >= 0.6 is 11.3 Å². The van der Waals surface area contributed by atoms with E-state index >= 15 is 0 Å². The fourth-order valence-electron chi connectivity index (χ4n) is 3.82. The summed E-state index contributed by atoms with van der Waals surface area (Å²) in [5.41, 5.74) is 0. The van der Waals surface area contributed by atoms with Crippen LogP contribution in [-0.4, -0.2) is 54.6 Å². The van der Waals surface area contributed by atoms with Crippen LogP contribution in [0.4, 0.5) is 0 Å². The normalized spacial score (nSPS) is 29.9. The smallest absolute Gasteiger partial charge is 0.225 e. The molecule has 4 nitrogen and oxygen atoms in total. The Balaban J connectivity index is 1.37. The van der Waals surface area contributed by atoms with Crippen molar-refractivity contribution >= 4 is 17.2 Å². The van der Waals surface area contributed by atoms with E-state index in [-0.39, 0.29) is 6.10 Å². The molecular formula is C17H24N2O2S. The van der Waals surface area contributed by atoms with Crippen molar-refractivity contribution in [3.05, 3.63) is 22.4 Å². The number of hydrogen-bond acceptors (Lipinski definition) is 4. The highest BCUT2D eigenvalue weighted by molar-refractivity contribution is 7.09. The van der Waals surface area contributed by atoms with Crippen molar-refractivity contribution in [2.24, 2.45) is 11.8 Å². The lowest BCUT2D eigenvalue weighted by atomic mass is 9.84. The van der Waals surface area contributed by atoms with E-state index in [1.807, 2.05) is 11.3 Å². The van der Waals surface area contributed by atoms with E-state index in [0.717, 1.165) is 52.2 Å². The number of carbonyl (C=O) groups excluding carboxylic acids is 1. The number of ether oxygens (including phenoxy) is 1. The molecule has 1 aromatic rings. The van der Waals surface area contributed by atoms with Gasteiger partial charge in [-0.05, 0) is 24.3 Å². The highest BCUT2D eigenvalue weighted by Crippen LogP contribution is 2.32. The molecule has 120 valence electrons. The summed E-state index contributed by atoms with van der Waals surface area (Å²) in [7, 11) is 0. The molecule has 1 saturated carbocycles. The van der Waals surface area contributed by atoms with E-state index in [2.05, 4.69) is 27.3 Å². The zero-order chi connectivity index (χ0) is 14.9. The highest BCUT2D eigenvalue weighted by Gasteiger charge is 2.41. The molecule has 1 amide bonds. The van der Waals surface area contributed by atoms with Gasteiger partial charge in [0.25, 0.3) is 0 Å². The Hall–Kier alpha value is -0.910. The van der Waals surface area contributed by atoms with Crippen LogP contribution in [0.25, 0.3) is 0 Å². The number of rotatable bonds is 3. The van der Waals surface area contributed by atoms with Gasteiger partial charge in [0.1, 0.15) is 0 Å². The second kappa shape index (κ2) is 6.30. The van der Waals surface area contributed by atoms with Crippen LogP contribution in [0.15, 0.2) is 17.5 Å². The molecule has 2 saturated heterocycles. The molecule has 0 bridgehead atoms. The maximum atomic E-state index is 12.5. The number of fused-ring (bicyclic) bond motifs is 1. The summed E-state index contributed by atoms with van der Waals surface area (Å²) in [6, 6.07) is 4.32. The summed E-state index contributed by atoms with van der Waals surface area (Å²) in [4.78, 5) is 18.4. The van der Waals surface area contributed by atoms with Crippen LogP contribution in [0.1, 0.15) is 24.1 Å². The average molecular weight is 320 g/mol. The number of nitrogens with zero attached hydrogens (tertiary/aromatic N) is 2. The van der Waals surface area contributed by atoms with Crippen LogP contribution in [0.5, 0.6) is 0 Å². The van der Waals surface area contributed by atoms with E-state index in [9.17, 15) is 4.79 Å². The largest absolute Gasteiger partial charge is 0.375 e. The molecule has 0 N–H and O–H groups in total. The summed E-state index contributed by atoms with van der Waals surface area (Å²) in [5, 5.41) is 2.14. The molecule has 2 aliphatic heterocycles. The first-order chi connectivity index (χ1) is 10.8. The molecule has 2 atom stereocenters. The molecule has 3 aliphatic rings. The van der Waals surface area contributed by atoms with Gasteiger partial charge in [0.05, 0.1) is 12.7 Å². The van der Waals surface area contributed by atoms with Gasteiger partial charge in [-0.2, -0.15) is 0 Å². The van der Waals surface area contributed by atoms with Gasteiger partial charge in [0.15, 0.2) is 0 Å². The van der Waals surface area contributed by atoms with Crippen LogP contribution in [-0.2, 0) is 16.1 Å². The van der Waals surface area contributed by atoms with E-state index in [1.54, 1.807) is 0 Å². The van der Waals surface area contributed by atoms with Crippen molar-refractivity contribution in [2.45, 2.75) is 31.9 Å². The van der Waals surface area contributed by atoms with Gasteiger partial charge in [-0.15, -0.1) is 11.3 Å². The van der Waals surface area contributed by atoms with Crippen molar-refractivity contribution in [3.8, 4) is 0 Å². The summed E-state index contributed by atoms with van der Waals surface area (Å²) in [5.74, 6) is 1.17. The Kier molecular flexibility index (Phi) is 4.20. The summed E-state index contributed by atoms with van der Waals surface area (Å²) in [6.07, 6.45) is 3.66. The lowest BCUT2D eigenvalue weighted by Gasteiger charge is -2.29. The second-order valence-corrected chi connectivity index (χ2v) is 7.89. The topological polar surface area (TPSA) is 32.8 Å². The van der Waals surface area contributed by atoms with Crippen LogP contribution in [0, 0.1) is 11.8 Å². The van der Waals surface area contributed by atoms with Crippen LogP contribution < -0.4 is 0 Å². The number of likely N-dealkylation sites (tertiary alicyclic amines) is 1. The maximum absolute atomic E-state index is 12.5. The molecule has 0 radical (unpaired) electrons. The minimum Gasteiger partial charge on any atom is -0.375 e. The Morgan fingerprint density at radius 2 is 2.23 bits per heavy atom. The first-order valence-electron chi connectivity index (χ1n) is 8.45. The van der Waals surface area contributed by atoms with Gasteiger partial charge in [0.2, 0.25) is 5.91 Å². The fourth-order valence-corrected chi connectivity index (χ4v) is 4.57. The van der Waals surface area contributed by atoms with Crippen molar-refractivity contribution < 1.29 is 9.53 Å². The molecule has 0 spiro atoms. The van der Waals surface area contributed by atoms with E-state index in [4.69, 9.17) is 4.74 Å². The zero-order valence-electron chi connectivity index (χ0n) is 12.9. The van der Waals surface area contributed by atoms with E-state index < -0.39 is 0 Å². The molecular weight excluding hydrogens is 296 g/mol. The third-order valence-corrected chi connectivity index (χ3v) is 6.20. The average Bonchev–Trinajstić information content (AvgIpc) is 3.04. The minimum atomic E-state index is 0.248. The fraction of sp³-hybridized carbons (Fsp3) is 0.706. The molecule has 3 fully saturated rings. The Bertz CT molecular complexity index is 515. The van der Waals surface area contributed by atoms with Crippen LogP contribution in [0.3, 0.4) is 0 Å². The van der Waals surface area contributed by atoms with Crippen molar-refractivity contribution in [3.63, 3.8) is 0 Å². The summed E-state index contributed by atoms with van der Waals surface area (Å²) < 4.78 is 6.06. The minimum absolute atomic E-state index is 0.248. The third-order valence-electron chi connectivity index (χ3n) is 5.34. The van der Waals surface area contributed by atoms with Gasteiger partial charge in [-0.25, -0.2) is 0 Å². The number of hydrogen-bond donors (Lipinski definition) is 0. The standard InChI is InChI=1S/C17H24N2O2S/c20-17(13-3-1-4-13)19-10-14-9-18(6-7-21-16(14)12-19)11-15-5-2-8-22-15/h2,5,8,13-14,16H,1,3-4,6-7,9-12H2/t14-,16+/m1/s1. The van der Waals surface area contributed by atoms with Crippen LogP contribution in [0.2, 0.25) is 0 Å². The third kappa shape index (κ3) is 2.94. The zero-order valence-corrected chi connectivity index (χ0v) is 13.8. The quantitative estimate of drug-likeness (QED) is 0.856. The van der Waals surface area contributed by atoms with Crippen molar-refractivity contribution in [1.29, 1.82) is 0 Å². The Morgan fingerprint density at radius 3 is 2.95 bits per heavy atom. The van der Waals surface area contributed by atoms with Gasteiger partial charge in [-0.1, -0.05) is 12.5 Å². The lowest BCUT2D eigenvalue weighted by Crippen LogP contribution is -2.39. The summed E-state index contributed by atoms with van der Waals surface area (Å²) in [6.45, 7) is 5.56. The maximum Gasteiger partial charge on any atom is 0.225 e. The number of carbonyl (C=O) groups is 1. The first-order valence-corrected chi connectivity index (χ1v) is 9.32. The number of thiophene rings is 1. The molecule has 0 aromatic carbocycles. The number of amides is 1. The predicted molar refractivity (Wildman–Crippen MR) is 86.7 cm³/mol. The monoisotopic (exact) mass is 320 g/mol. The SMILES string of the molecule is O=C(C1CCC1)N1C[C@H]2CN(Cc3cccs3)CCO[C@H]2C1. The van der Waals surface area contributed by atoms with Crippen molar-refractivity contribution in [1.82, 2.24) is 9.80 Å². The molecule has 4 rings (SSSR count). The first kappa shape index (κ1) is 14.7. The Morgan fingerprint density at radius 1 is 1.32 bits per heavy atom. The molecule has 3 heterocycles. The predicted octanol–water partition coefficient (Wildman–Crippen LogP) is 2.21. The van der Waals surface area contributed by atoms with Gasteiger partial charge >= 0.3 is 0 Å². The van der Waals surface area contributed by atoms with Gasteiger partial charge in [-0.3, -0.25) is 9.69 Å². The molecule has 0 unspecified atom stereocenters. The molecule has 1 aromatic heterocycles. The Labute approximate surface area is 136 Å². The highest BCUT2D eigenvalue weighted by atomic mass is 32.1. The summed E-state index contributed by atoms with van der Waals surface area (Å²) >= 11 is 1.82. The van der Waals surface area contributed by atoms with Gasteiger partial charge < -0.3 is 9.64 Å². The molecule has 22 heavy (non-hydrogen) atoms. The second-order valence-electron chi connectivity index (χ2n) is 6.85. The van der Waals surface area contributed by atoms with Gasteiger partial charge in [0, 0.05) is 49.4 Å². The molecule has 1 aliphatic carbocycles. The van der Waals surface area contributed by atoms with E-state index in [1.165, 1.54) is 11.3 Å². The lowest BCUT2D eigenvalue weighted by molar-refractivity contribution is -0.137. The van der Waals surface area contributed by atoms with Crippen molar-refractivity contribution in [2.75, 3.05) is 32.8 Å².